The molecule has 0 unspecified atom stereocenters. The first-order valence-electron chi connectivity index (χ1n) is 3.38. The first-order chi connectivity index (χ1) is 5.33. The predicted molar refractivity (Wildman–Crippen MR) is 47.6 cm³/mol. The van der Waals surface area contributed by atoms with Gasteiger partial charge in [0.15, 0.2) is 0 Å². The van der Waals surface area contributed by atoms with Crippen LogP contribution in [-0.4, -0.2) is 16.0 Å². The number of rotatable bonds is 4. The molecule has 1 aromatic rings. The minimum Gasteiger partial charge on any atom is -0.374 e. The van der Waals surface area contributed by atoms with Crippen LogP contribution in [0.3, 0.4) is 0 Å². The monoisotopic (exact) mass is 236 g/mol. The molecule has 1 heterocycles. The molecule has 0 aliphatic heterocycles. The Balaban J connectivity index is 2.27. The van der Waals surface area contributed by atoms with E-state index >= 15 is 0 Å². The highest BCUT2D eigenvalue weighted by Gasteiger charge is 1.99. The fourth-order valence-electron chi connectivity index (χ4n) is 0.597. The molecule has 0 atom stereocenters. The van der Waals surface area contributed by atoms with Crippen molar-refractivity contribution < 1.29 is 4.74 Å². The summed E-state index contributed by atoms with van der Waals surface area (Å²) in [6.45, 7) is 3.45. The van der Waals surface area contributed by atoms with Gasteiger partial charge in [-0.05, 0) is 33.9 Å². The highest BCUT2D eigenvalue weighted by atomic mass is 79.9. The quantitative estimate of drug-likeness (QED) is 0.753. The Bertz CT molecular complexity index is 216. The zero-order valence-corrected chi connectivity index (χ0v) is 8.61. The van der Waals surface area contributed by atoms with Crippen molar-refractivity contribution in [1.29, 1.82) is 0 Å². The summed E-state index contributed by atoms with van der Waals surface area (Å²) in [5.74, 6) is 0. The van der Waals surface area contributed by atoms with E-state index in [9.17, 15) is 0 Å². The Morgan fingerprint density at radius 3 is 3.00 bits per heavy atom. The van der Waals surface area contributed by atoms with E-state index in [1.807, 2.05) is 0 Å². The lowest BCUT2D eigenvalue weighted by Gasteiger charge is -1.95. The van der Waals surface area contributed by atoms with E-state index in [0.717, 1.165) is 18.0 Å². The molecule has 1 rings (SSSR count). The molecule has 0 aliphatic rings. The molecule has 0 fully saturated rings. The molecule has 0 aliphatic carbocycles. The molecule has 0 spiro atoms. The van der Waals surface area contributed by atoms with Crippen LogP contribution in [0.25, 0.3) is 0 Å². The molecular weight excluding hydrogens is 228 g/mol. The summed E-state index contributed by atoms with van der Waals surface area (Å²) in [6.07, 6.45) is 1.04. The zero-order valence-electron chi connectivity index (χ0n) is 6.21. The number of ether oxygens (including phenoxy) is 1. The fourth-order valence-corrected chi connectivity index (χ4v) is 1.63. The Hall–Kier alpha value is -0.0000000000000000278. The highest BCUT2D eigenvalue weighted by molar-refractivity contribution is 9.10. The van der Waals surface area contributed by atoms with Crippen molar-refractivity contribution in [3.05, 3.63) is 9.74 Å². The minimum absolute atomic E-state index is 0.580. The second-order valence-corrected chi connectivity index (χ2v) is 3.56. The van der Waals surface area contributed by atoms with Crippen molar-refractivity contribution in [1.82, 2.24) is 9.36 Å². The summed E-state index contributed by atoms with van der Waals surface area (Å²) >= 11 is 4.54. The largest absolute Gasteiger partial charge is 0.374 e. The van der Waals surface area contributed by atoms with E-state index in [4.69, 9.17) is 4.74 Å². The summed E-state index contributed by atoms with van der Waals surface area (Å²) in [5, 5.41) is 0.922. The summed E-state index contributed by atoms with van der Waals surface area (Å²) < 4.78 is 9.88. The van der Waals surface area contributed by atoms with E-state index in [1.165, 1.54) is 11.5 Å². The van der Waals surface area contributed by atoms with E-state index in [1.54, 1.807) is 0 Å². The van der Waals surface area contributed by atoms with Gasteiger partial charge >= 0.3 is 0 Å². The summed E-state index contributed by atoms with van der Waals surface area (Å²) in [5.41, 5.74) is 0. The second-order valence-electron chi connectivity index (χ2n) is 2.01. The standard InChI is InChI=1S/C6H9BrN2OS/c1-2-3-10-4-5-8-6(7)9-11-5/h2-4H2,1H3. The van der Waals surface area contributed by atoms with Crippen LogP contribution >= 0.6 is 27.5 Å². The van der Waals surface area contributed by atoms with Crippen molar-refractivity contribution in [2.24, 2.45) is 0 Å². The van der Waals surface area contributed by atoms with Crippen LogP contribution in [0.15, 0.2) is 4.73 Å². The van der Waals surface area contributed by atoms with Crippen LogP contribution in [0.1, 0.15) is 18.4 Å². The Labute approximate surface area is 78.1 Å². The van der Waals surface area contributed by atoms with Crippen molar-refractivity contribution in [2.75, 3.05) is 6.61 Å². The molecule has 0 N–H and O–H groups in total. The van der Waals surface area contributed by atoms with Crippen LogP contribution in [0.5, 0.6) is 0 Å². The van der Waals surface area contributed by atoms with Gasteiger partial charge in [-0.1, -0.05) is 6.92 Å². The van der Waals surface area contributed by atoms with Gasteiger partial charge in [0.2, 0.25) is 4.73 Å². The van der Waals surface area contributed by atoms with Crippen molar-refractivity contribution >= 4 is 27.5 Å². The highest BCUT2D eigenvalue weighted by Crippen LogP contribution is 2.10. The minimum atomic E-state index is 0.580. The molecule has 1 aromatic heterocycles. The Morgan fingerprint density at radius 1 is 1.64 bits per heavy atom. The van der Waals surface area contributed by atoms with Crippen LogP contribution in [0.2, 0.25) is 0 Å². The molecule has 0 amide bonds. The molecule has 0 saturated heterocycles. The Morgan fingerprint density at radius 2 is 2.45 bits per heavy atom. The van der Waals surface area contributed by atoms with Crippen LogP contribution in [0, 0.1) is 0 Å². The van der Waals surface area contributed by atoms with Gasteiger partial charge < -0.3 is 4.74 Å². The summed E-state index contributed by atoms with van der Waals surface area (Å²) in [4.78, 5) is 4.08. The first-order valence-corrected chi connectivity index (χ1v) is 4.95. The molecule has 0 radical (unpaired) electrons. The average Bonchev–Trinajstić information content (AvgIpc) is 2.37. The molecule has 3 nitrogen and oxygen atoms in total. The van der Waals surface area contributed by atoms with E-state index in [-0.39, 0.29) is 0 Å². The molecule has 0 aromatic carbocycles. The number of halogens is 1. The van der Waals surface area contributed by atoms with Crippen molar-refractivity contribution in [3.63, 3.8) is 0 Å². The third-order valence-corrected chi connectivity index (χ3v) is 2.29. The van der Waals surface area contributed by atoms with Crippen LogP contribution in [0.4, 0.5) is 0 Å². The van der Waals surface area contributed by atoms with Gasteiger partial charge in [-0.3, -0.25) is 0 Å². The van der Waals surface area contributed by atoms with Gasteiger partial charge in [0.05, 0.1) is 0 Å². The van der Waals surface area contributed by atoms with Gasteiger partial charge in [0.1, 0.15) is 11.6 Å². The number of hydrogen-bond donors (Lipinski definition) is 0. The third-order valence-electron chi connectivity index (χ3n) is 1.02. The maximum Gasteiger partial charge on any atom is 0.209 e. The molecular formula is C6H9BrN2OS. The molecule has 5 heteroatoms. The summed E-state index contributed by atoms with van der Waals surface area (Å²) in [7, 11) is 0. The maximum absolute atomic E-state index is 5.27. The predicted octanol–water partition coefficient (Wildman–Crippen LogP) is 2.23. The summed E-state index contributed by atoms with van der Waals surface area (Å²) in [6, 6.07) is 0. The second kappa shape index (κ2) is 4.79. The lowest BCUT2D eigenvalue weighted by Crippen LogP contribution is -1.92. The van der Waals surface area contributed by atoms with Gasteiger partial charge in [0, 0.05) is 6.61 Å². The maximum atomic E-state index is 5.27. The molecule has 0 bridgehead atoms. The smallest absolute Gasteiger partial charge is 0.209 e. The first kappa shape index (κ1) is 9.09. The number of nitrogens with zero attached hydrogens (tertiary/aromatic N) is 2. The number of aromatic nitrogens is 2. The fraction of sp³-hybridized carbons (Fsp3) is 0.667. The topological polar surface area (TPSA) is 35.0 Å². The lowest BCUT2D eigenvalue weighted by molar-refractivity contribution is 0.121. The number of hydrogen-bond acceptors (Lipinski definition) is 4. The van der Waals surface area contributed by atoms with Crippen molar-refractivity contribution in [2.45, 2.75) is 20.0 Å². The molecule has 11 heavy (non-hydrogen) atoms. The van der Waals surface area contributed by atoms with Crippen molar-refractivity contribution in [3.8, 4) is 0 Å². The normalized spacial score (nSPS) is 10.4. The van der Waals surface area contributed by atoms with Gasteiger partial charge in [0.25, 0.3) is 0 Å². The average molecular weight is 237 g/mol. The van der Waals surface area contributed by atoms with E-state index in [2.05, 4.69) is 32.2 Å². The van der Waals surface area contributed by atoms with E-state index < -0.39 is 0 Å². The Kier molecular flexibility index (Phi) is 3.96. The molecule has 0 saturated carbocycles. The SMILES string of the molecule is CCCOCc1nc(Br)ns1. The lowest BCUT2D eigenvalue weighted by atomic mass is 10.5. The van der Waals surface area contributed by atoms with Gasteiger partial charge in [-0.15, -0.1) is 0 Å². The van der Waals surface area contributed by atoms with Crippen LogP contribution in [-0.2, 0) is 11.3 Å². The zero-order chi connectivity index (χ0) is 8.10. The van der Waals surface area contributed by atoms with Crippen LogP contribution < -0.4 is 0 Å². The van der Waals surface area contributed by atoms with Gasteiger partial charge in [-0.2, -0.15) is 4.37 Å². The van der Waals surface area contributed by atoms with Gasteiger partial charge in [-0.25, -0.2) is 4.98 Å². The van der Waals surface area contributed by atoms with E-state index in [0.29, 0.717) is 11.3 Å². The third kappa shape index (κ3) is 3.27. The molecule has 62 valence electrons.